The average Bonchev–Trinajstić information content (AvgIpc) is 3.35. The first-order valence-electron chi connectivity index (χ1n) is 19.0. The summed E-state index contributed by atoms with van der Waals surface area (Å²) < 4.78 is 0. The number of hydrogen-bond donors (Lipinski definition) is 0. The SMILES string of the molecule is CCCCCCCCCCCCCCCC1N(CCCCCCCCC)C=CN1CCCCCCCCCCC. The van der Waals surface area contributed by atoms with Crippen molar-refractivity contribution in [2.24, 2.45) is 0 Å². The Labute approximate surface area is 254 Å². The van der Waals surface area contributed by atoms with Gasteiger partial charge in [-0.15, -0.1) is 0 Å². The summed E-state index contributed by atoms with van der Waals surface area (Å²) in [7, 11) is 0. The van der Waals surface area contributed by atoms with Crippen LogP contribution in [-0.4, -0.2) is 29.1 Å². The highest BCUT2D eigenvalue weighted by atomic mass is 15.4. The minimum absolute atomic E-state index is 0.641. The number of hydrogen-bond acceptors (Lipinski definition) is 2. The van der Waals surface area contributed by atoms with Gasteiger partial charge in [0.05, 0.1) is 0 Å². The quantitative estimate of drug-likeness (QED) is 0.0755. The fourth-order valence-corrected chi connectivity index (χ4v) is 6.54. The molecule has 0 aliphatic carbocycles. The Kier molecular flexibility index (Phi) is 27.9. The lowest BCUT2D eigenvalue weighted by molar-refractivity contribution is 0.135. The van der Waals surface area contributed by atoms with E-state index in [1.165, 1.54) is 206 Å². The maximum Gasteiger partial charge on any atom is 0.101 e. The van der Waals surface area contributed by atoms with Gasteiger partial charge in [0.1, 0.15) is 6.17 Å². The molecule has 2 heteroatoms. The number of unbranched alkanes of at least 4 members (excludes halogenated alkanes) is 26. The molecule has 1 heterocycles. The average molecular weight is 561 g/mol. The van der Waals surface area contributed by atoms with Gasteiger partial charge in [-0.2, -0.15) is 0 Å². The third-order valence-corrected chi connectivity index (χ3v) is 9.32. The molecule has 0 saturated heterocycles. The van der Waals surface area contributed by atoms with Gasteiger partial charge in [0, 0.05) is 25.5 Å². The normalized spacial score (nSPS) is 15.1. The van der Waals surface area contributed by atoms with Crippen molar-refractivity contribution in [3.8, 4) is 0 Å². The van der Waals surface area contributed by atoms with E-state index in [0.29, 0.717) is 6.17 Å². The van der Waals surface area contributed by atoms with Crippen LogP contribution in [0.4, 0.5) is 0 Å². The zero-order valence-electron chi connectivity index (χ0n) is 28.3. The zero-order valence-corrected chi connectivity index (χ0v) is 28.3. The molecule has 238 valence electrons. The molecule has 1 atom stereocenters. The molecule has 0 aromatic heterocycles. The summed E-state index contributed by atoms with van der Waals surface area (Å²) in [4.78, 5) is 5.42. The van der Waals surface area contributed by atoms with Gasteiger partial charge in [0.2, 0.25) is 0 Å². The van der Waals surface area contributed by atoms with E-state index in [-0.39, 0.29) is 0 Å². The predicted molar refractivity (Wildman–Crippen MR) is 182 cm³/mol. The zero-order chi connectivity index (χ0) is 28.8. The first-order chi connectivity index (χ1) is 19.8. The van der Waals surface area contributed by atoms with Crippen LogP contribution in [0.1, 0.15) is 213 Å². The van der Waals surface area contributed by atoms with Crippen molar-refractivity contribution in [3.05, 3.63) is 12.4 Å². The predicted octanol–water partition coefficient (Wildman–Crippen LogP) is 13.2. The molecule has 0 saturated carbocycles. The van der Waals surface area contributed by atoms with E-state index in [0.717, 1.165) is 0 Å². The molecule has 0 N–H and O–H groups in total. The Hall–Kier alpha value is -0.660. The van der Waals surface area contributed by atoms with Gasteiger partial charge in [-0.25, -0.2) is 0 Å². The van der Waals surface area contributed by atoms with Crippen LogP contribution in [0.25, 0.3) is 0 Å². The summed E-state index contributed by atoms with van der Waals surface area (Å²) in [5, 5.41) is 0. The van der Waals surface area contributed by atoms with E-state index in [9.17, 15) is 0 Å². The molecule has 0 fully saturated rings. The van der Waals surface area contributed by atoms with E-state index in [2.05, 4.69) is 43.0 Å². The molecule has 2 nitrogen and oxygen atoms in total. The summed E-state index contributed by atoms with van der Waals surface area (Å²) in [5.41, 5.74) is 0. The summed E-state index contributed by atoms with van der Waals surface area (Å²) in [6, 6.07) is 0. The highest BCUT2D eigenvalue weighted by molar-refractivity contribution is 4.97. The van der Waals surface area contributed by atoms with E-state index < -0.39 is 0 Å². The first-order valence-corrected chi connectivity index (χ1v) is 19.0. The van der Waals surface area contributed by atoms with Crippen LogP contribution >= 0.6 is 0 Å². The molecule has 0 spiro atoms. The number of nitrogens with zero attached hydrogens (tertiary/aromatic N) is 2. The third-order valence-electron chi connectivity index (χ3n) is 9.32. The number of rotatable bonds is 32. The molecule has 1 rings (SSSR count). The lowest BCUT2D eigenvalue weighted by Crippen LogP contribution is -2.39. The van der Waals surface area contributed by atoms with Gasteiger partial charge < -0.3 is 9.80 Å². The van der Waals surface area contributed by atoms with Gasteiger partial charge in [-0.3, -0.25) is 0 Å². The fourth-order valence-electron chi connectivity index (χ4n) is 6.54. The second kappa shape index (κ2) is 29.8. The minimum atomic E-state index is 0.641. The van der Waals surface area contributed by atoms with Gasteiger partial charge in [-0.1, -0.05) is 188 Å². The van der Waals surface area contributed by atoms with Crippen molar-refractivity contribution < 1.29 is 0 Å². The fraction of sp³-hybridized carbons (Fsp3) is 0.947. The van der Waals surface area contributed by atoms with Gasteiger partial charge >= 0.3 is 0 Å². The van der Waals surface area contributed by atoms with E-state index in [4.69, 9.17) is 0 Å². The van der Waals surface area contributed by atoms with Crippen molar-refractivity contribution in [2.45, 2.75) is 220 Å². The third kappa shape index (κ3) is 22.0. The molecule has 40 heavy (non-hydrogen) atoms. The van der Waals surface area contributed by atoms with Crippen molar-refractivity contribution in [3.63, 3.8) is 0 Å². The Morgan fingerprint density at radius 3 is 0.875 bits per heavy atom. The van der Waals surface area contributed by atoms with Crippen LogP contribution in [0, 0.1) is 0 Å². The largest absolute Gasteiger partial charge is 0.356 e. The second-order valence-electron chi connectivity index (χ2n) is 13.2. The molecule has 0 bridgehead atoms. The van der Waals surface area contributed by atoms with Crippen molar-refractivity contribution >= 4 is 0 Å². The van der Waals surface area contributed by atoms with Crippen molar-refractivity contribution in [1.82, 2.24) is 9.80 Å². The molecular formula is C38H76N2. The standard InChI is InChI=1S/C38H76N2/c1-4-7-10-13-16-18-19-20-21-22-24-27-30-33-38-39(34-31-28-25-15-12-9-6-3)36-37-40(38)35-32-29-26-23-17-14-11-8-5-2/h36-38H,4-35H2,1-3H3. The van der Waals surface area contributed by atoms with Crippen molar-refractivity contribution in [1.29, 1.82) is 0 Å². The highest BCUT2D eigenvalue weighted by Gasteiger charge is 2.24. The van der Waals surface area contributed by atoms with Crippen LogP contribution in [0.15, 0.2) is 12.4 Å². The summed E-state index contributed by atoms with van der Waals surface area (Å²) in [6.45, 7) is 9.48. The molecule has 0 aromatic rings. The Morgan fingerprint density at radius 1 is 0.325 bits per heavy atom. The van der Waals surface area contributed by atoms with Crippen LogP contribution in [0.2, 0.25) is 0 Å². The van der Waals surface area contributed by atoms with Gasteiger partial charge in [0.15, 0.2) is 0 Å². The maximum atomic E-state index is 2.71. The van der Waals surface area contributed by atoms with Crippen LogP contribution in [0.5, 0.6) is 0 Å². The molecule has 0 radical (unpaired) electrons. The Bertz CT molecular complexity index is 516. The minimum Gasteiger partial charge on any atom is -0.356 e. The molecular weight excluding hydrogens is 484 g/mol. The van der Waals surface area contributed by atoms with Gasteiger partial charge in [0.25, 0.3) is 0 Å². The molecule has 1 unspecified atom stereocenters. The first kappa shape index (κ1) is 37.4. The topological polar surface area (TPSA) is 6.48 Å². The van der Waals surface area contributed by atoms with Crippen LogP contribution in [-0.2, 0) is 0 Å². The van der Waals surface area contributed by atoms with Crippen LogP contribution < -0.4 is 0 Å². The molecule has 1 aliphatic heterocycles. The Morgan fingerprint density at radius 2 is 0.575 bits per heavy atom. The summed E-state index contributed by atoms with van der Waals surface area (Å²) in [5.74, 6) is 0. The van der Waals surface area contributed by atoms with Crippen molar-refractivity contribution in [2.75, 3.05) is 13.1 Å². The van der Waals surface area contributed by atoms with E-state index in [1.54, 1.807) is 0 Å². The van der Waals surface area contributed by atoms with E-state index in [1.807, 2.05) is 0 Å². The molecule has 1 aliphatic rings. The summed E-state index contributed by atoms with van der Waals surface area (Å²) >= 11 is 0. The highest BCUT2D eigenvalue weighted by Crippen LogP contribution is 2.24. The van der Waals surface area contributed by atoms with E-state index >= 15 is 0 Å². The lowest BCUT2D eigenvalue weighted by atomic mass is 10.0. The smallest absolute Gasteiger partial charge is 0.101 e. The molecule has 0 aromatic carbocycles. The second-order valence-corrected chi connectivity index (χ2v) is 13.2. The summed E-state index contributed by atoms with van der Waals surface area (Å²) in [6.07, 6.45) is 48.4. The maximum absolute atomic E-state index is 2.71. The van der Waals surface area contributed by atoms with Gasteiger partial charge in [-0.05, 0) is 25.7 Å². The van der Waals surface area contributed by atoms with Crippen LogP contribution in [0.3, 0.4) is 0 Å². The Balaban J connectivity index is 2.21. The monoisotopic (exact) mass is 561 g/mol. The molecule has 0 amide bonds. The lowest BCUT2D eigenvalue weighted by Gasteiger charge is -2.33.